The molecule has 0 amide bonds. The lowest BCUT2D eigenvalue weighted by Gasteiger charge is -1.99. The molecular formula is C12H8Cl2N2OS. The van der Waals surface area contributed by atoms with E-state index in [0.29, 0.717) is 33.2 Å². The van der Waals surface area contributed by atoms with Gasteiger partial charge in [-0.15, -0.1) is 0 Å². The predicted molar refractivity (Wildman–Crippen MR) is 74.3 cm³/mol. The summed E-state index contributed by atoms with van der Waals surface area (Å²) in [6, 6.07) is 5.28. The molecule has 0 unspecified atom stereocenters. The number of rotatable bonds is 1. The normalized spacial score (nSPS) is 14.7. The summed E-state index contributed by atoms with van der Waals surface area (Å²) in [6.07, 6.45) is 1.73. The van der Waals surface area contributed by atoms with Gasteiger partial charge in [0.2, 0.25) is 0 Å². The number of aromatic nitrogens is 1. The van der Waals surface area contributed by atoms with Crippen molar-refractivity contribution >= 4 is 40.6 Å². The van der Waals surface area contributed by atoms with Crippen molar-refractivity contribution in [3.63, 3.8) is 0 Å². The molecule has 0 saturated heterocycles. The Hall–Kier alpha value is -1.10. The van der Waals surface area contributed by atoms with E-state index in [9.17, 15) is 4.79 Å². The molecule has 0 bridgehead atoms. The highest BCUT2D eigenvalue weighted by molar-refractivity contribution is 7.07. The monoisotopic (exact) mass is 298 g/mol. The van der Waals surface area contributed by atoms with Crippen LogP contribution < -0.4 is 14.9 Å². The van der Waals surface area contributed by atoms with Gasteiger partial charge in [-0.05, 0) is 18.2 Å². The smallest absolute Gasteiger partial charge is 0.270 e. The summed E-state index contributed by atoms with van der Waals surface area (Å²) >= 11 is 13.5. The summed E-state index contributed by atoms with van der Waals surface area (Å²) in [7, 11) is 0. The lowest BCUT2D eigenvalue weighted by Crippen LogP contribution is -2.29. The Morgan fingerprint density at radius 2 is 2.06 bits per heavy atom. The molecule has 2 aromatic rings. The first kappa shape index (κ1) is 12.0. The zero-order valence-corrected chi connectivity index (χ0v) is 11.5. The maximum absolute atomic E-state index is 12.1. The van der Waals surface area contributed by atoms with Crippen LogP contribution in [0.15, 0.2) is 28.0 Å². The minimum Gasteiger partial charge on any atom is -0.282 e. The Kier molecular flexibility index (Phi) is 3.01. The fraction of sp³-hybridized carbons (Fsp3) is 0.167. The van der Waals surface area contributed by atoms with Crippen LogP contribution in [0.1, 0.15) is 5.56 Å². The van der Waals surface area contributed by atoms with Crippen LogP contribution in [-0.4, -0.2) is 11.1 Å². The van der Waals surface area contributed by atoms with E-state index in [1.807, 2.05) is 0 Å². The lowest BCUT2D eigenvalue weighted by atomic mass is 10.2. The SMILES string of the molecule is O=c1/c(=C/c2c(Cl)cccc2Cl)sc2n1CCN=2. The third kappa shape index (κ3) is 1.90. The van der Waals surface area contributed by atoms with E-state index in [2.05, 4.69) is 4.99 Å². The van der Waals surface area contributed by atoms with Crippen molar-refractivity contribution in [1.82, 2.24) is 4.57 Å². The Morgan fingerprint density at radius 3 is 2.72 bits per heavy atom. The van der Waals surface area contributed by atoms with Gasteiger partial charge in [-0.25, -0.2) is 0 Å². The summed E-state index contributed by atoms with van der Waals surface area (Å²) in [5, 5.41) is 1.08. The Balaban J connectivity index is 2.28. The maximum Gasteiger partial charge on any atom is 0.270 e. The van der Waals surface area contributed by atoms with Gasteiger partial charge in [-0.1, -0.05) is 40.6 Å². The van der Waals surface area contributed by atoms with Crippen LogP contribution in [0.3, 0.4) is 0 Å². The van der Waals surface area contributed by atoms with Gasteiger partial charge >= 0.3 is 0 Å². The minimum atomic E-state index is -0.0211. The number of hydrogen-bond donors (Lipinski definition) is 0. The molecule has 0 radical (unpaired) electrons. The molecule has 92 valence electrons. The number of nitrogens with zero attached hydrogens (tertiary/aromatic N) is 2. The molecule has 0 N–H and O–H groups in total. The molecule has 1 aliphatic heterocycles. The third-order valence-corrected chi connectivity index (χ3v) is 4.44. The van der Waals surface area contributed by atoms with Crippen LogP contribution in [0, 0.1) is 0 Å². The minimum absolute atomic E-state index is 0.0211. The first-order chi connectivity index (χ1) is 8.66. The number of halogens is 2. The lowest BCUT2D eigenvalue weighted by molar-refractivity contribution is 0.740. The number of fused-ring (bicyclic) bond motifs is 1. The van der Waals surface area contributed by atoms with Gasteiger partial charge in [0.1, 0.15) is 0 Å². The van der Waals surface area contributed by atoms with Gasteiger partial charge in [0.15, 0.2) is 4.80 Å². The van der Waals surface area contributed by atoms with Crippen LogP contribution in [0.2, 0.25) is 10.0 Å². The second kappa shape index (κ2) is 4.53. The summed E-state index contributed by atoms with van der Waals surface area (Å²) < 4.78 is 2.30. The fourth-order valence-corrected chi connectivity index (χ4v) is 3.37. The van der Waals surface area contributed by atoms with Crippen molar-refractivity contribution in [1.29, 1.82) is 0 Å². The van der Waals surface area contributed by atoms with E-state index in [4.69, 9.17) is 23.2 Å². The molecule has 2 heterocycles. The van der Waals surface area contributed by atoms with Gasteiger partial charge in [0.05, 0.1) is 11.1 Å². The number of hydrogen-bond acceptors (Lipinski definition) is 3. The van der Waals surface area contributed by atoms with Gasteiger partial charge < -0.3 is 0 Å². The molecule has 0 aliphatic carbocycles. The summed E-state index contributed by atoms with van der Waals surface area (Å²) in [4.78, 5) is 17.1. The topological polar surface area (TPSA) is 34.4 Å². The van der Waals surface area contributed by atoms with Crippen LogP contribution in [0.5, 0.6) is 0 Å². The molecule has 0 atom stereocenters. The van der Waals surface area contributed by atoms with Crippen LogP contribution in [0.25, 0.3) is 6.08 Å². The first-order valence-electron chi connectivity index (χ1n) is 5.36. The van der Waals surface area contributed by atoms with Crippen molar-refractivity contribution in [3.05, 3.63) is 53.5 Å². The highest BCUT2D eigenvalue weighted by Crippen LogP contribution is 2.24. The Morgan fingerprint density at radius 1 is 1.33 bits per heavy atom. The van der Waals surface area contributed by atoms with Gasteiger partial charge in [0, 0.05) is 22.2 Å². The second-order valence-corrected chi connectivity index (χ2v) is 5.69. The standard InChI is InChI=1S/C12H8Cl2N2OS/c13-8-2-1-3-9(14)7(8)6-10-11(17)16-5-4-15-12(16)18-10/h1-3,6H,4-5H2/b10-6-. The molecule has 0 fully saturated rings. The Bertz CT molecular complexity index is 771. The molecule has 0 saturated carbocycles. The van der Waals surface area contributed by atoms with E-state index in [-0.39, 0.29) is 5.56 Å². The van der Waals surface area contributed by atoms with E-state index in [1.54, 1.807) is 28.8 Å². The third-order valence-electron chi connectivity index (χ3n) is 2.73. The highest BCUT2D eigenvalue weighted by atomic mass is 35.5. The summed E-state index contributed by atoms with van der Waals surface area (Å²) in [5.74, 6) is 0. The maximum atomic E-state index is 12.1. The number of benzene rings is 1. The second-order valence-electron chi connectivity index (χ2n) is 3.87. The molecule has 1 aliphatic rings. The largest absolute Gasteiger partial charge is 0.282 e. The van der Waals surface area contributed by atoms with Gasteiger partial charge in [-0.2, -0.15) is 0 Å². The summed E-state index contributed by atoms with van der Waals surface area (Å²) in [6.45, 7) is 1.35. The van der Waals surface area contributed by atoms with E-state index < -0.39 is 0 Å². The molecular weight excluding hydrogens is 291 g/mol. The van der Waals surface area contributed by atoms with Crippen molar-refractivity contribution in [2.45, 2.75) is 6.54 Å². The van der Waals surface area contributed by atoms with Gasteiger partial charge in [-0.3, -0.25) is 14.4 Å². The van der Waals surface area contributed by atoms with Crippen LogP contribution >= 0.6 is 34.5 Å². The summed E-state index contributed by atoms with van der Waals surface area (Å²) in [5.41, 5.74) is 0.658. The highest BCUT2D eigenvalue weighted by Gasteiger charge is 2.10. The fourth-order valence-electron chi connectivity index (χ4n) is 1.85. The molecule has 6 heteroatoms. The molecule has 3 nitrogen and oxygen atoms in total. The first-order valence-corrected chi connectivity index (χ1v) is 6.94. The zero-order valence-electron chi connectivity index (χ0n) is 9.19. The Labute approximate surface area is 117 Å². The molecule has 18 heavy (non-hydrogen) atoms. The van der Waals surface area contributed by atoms with Crippen molar-refractivity contribution in [2.75, 3.05) is 6.54 Å². The average Bonchev–Trinajstić information content (AvgIpc) is 2.89. The predicted octanol–water partition coefficient (Wildman–Crippen LogP) is 1.68. The van der Waals surface area contributed by atoms with Crippen molar-refractivity contribution < 1.29 is 0 Å². The average molecular weight is 299 g/mol. The molecule has 3 rings (SSSR count). The number of thiazole rings is 1. The van der Waals surface area contributed by atoms with E-state index >= 15 is 0 Å². The quantitative estimate of drug-likeness (QED) is 0.789. The zero-order chi connectivity index (χ0) is 12.7. The van der Waals surface area contributed by atoms with E-state index in [1.165, 1.54) is 11.3 Å². The molecule has 1 aromatic heterocycles. The molecule has 1 aromatic carbocycles. The van der Waals surface area contributed by atoms with Crippen molar-refractivity contribution in [2.24, 2.45) is 4.99 Å². The molecule has 0 spiro atoms. The van der Waals surface area contributed by atoms with Crippen LogP contribution in [-0.2, 0) is 6.54 Å². The van der Waals surface area contributed by atoms with Crippen LogP contribution in [0.4, 0.5) is 0 Å². The van der Waals surface area contributed by atoms with Crippen molar-refractivity contribution in [3.8, 4) is 0 Å². The van der Waals surface area contributed by atoms with Gasteiger partial charge in [0.25, 0.3) is 5.56 Å². The van der Waals surface area contributed by atoms with E-state index in [0.717, 1.165) is 4.80 Å².